The lowest BCUT2D eigenvalue weighted by Crippen LogP contribution is -2.18. The average molecular weight is 308 g/mol. The molecule has 0 unspecified atom stereocenters. The van der Waals surface area contributed by atoms with Crippen molar-refractivity contribution in [1.82, 2.24) is 9.97 Å². The zero-order valence-electron chi connectivity index (χ0n) is 9.53. The molecule has 5 nitrogen and oxygen atoms in total. The van der Waals surface area contributed by atoms with E-state index in [0.29, 0.717) is 5.69 Å². The summed E-state index contributed by atoms with van der Waals surface area (Å²) in [6.45, 7) is 1.88. The number of anilines is 1. The Bertz CT molecular complexity index is 652. The Morgan fingerprint density at radius 1 is 1.39 bits per heavy atom. The molecule has 2 rings (SSSR count). The highest BCUT2D eigenvalue weighted by molar-refractivity contribution is 9.10. The number of rotatable bonds is 2. The zero-order valence-corrected chi connectivity index (χ0v) is 11.1. The van der Waals surface area contributed by atoms with E-state index in [9.17, 15) is 9.59 Å². The van der Waals surface area contributed by atoms with E-state index < -0.39 is 5.91 Å². The van der Waals surface area contributed by atoms with Gasteiger partial charge in [-0.1, -0.05) is 15.9 Å². The first-order valence-electron chi connectivity index (χ1n) is 5.18. The van der Waals surface area contributed by atoms with Crippen LogP contribution < -0.4 is 10.9 Å². The summed E-state index contributed by atoms with van der Waals surface area (Å²) < 4.78 is 0.937. The number of carbonyl (C=O) groups excluding carboxylic acids is 1. The highest BCUT2D eigenvalue weighted by Crippen LogP contribution is 2.20. The van der Waals surface area contributed by atoms with Crippen LogP contribution in [-0.4, -0.2) is 15.9 Å². The summed E-state index contributed by atoms with van der Waals surface area (Å²) in [4.78, 5) is 29.1. The SMILES string of the molecule is Cc1cc(Br)ccc1NC(=O)c1cc(=O)[nH]cn1. The van der Waals surface area contributed by atoms with E-state index in [2.05, 4.69) is 31.2 Å². The van der Waals surface area contributed by atoms with Gasteiger partial charge in [-0.05, 0) is 30.7 Å². The summed E-state index contributed by atoms with van der Waals surface area (Å²) in [5.74, 6) is -0.411. The summed E-state index contributed by atoms with van der Waals surface area (Å²) in [7, 11) is 0. The summed E-state index contributed by atoms with van der Waals surface area (Å²) in [5.41, 5.74) is 1.33. The second kappa shape index (κ2) is 5.14. The maximum Gasteiger partial charge on any atom is 0.274 e. The van der Waals surface area contributed by atoms with Crippen LogP contribution in [0.1, 0.15) is 16.1 Å². The van der Waals surface area contributed by atoms with Crippen LogP contribution in [0.15, 0.2) is 39.9 Å². The smallest absolute Gasteiger partial charge is 0.274 e. The standard InChI is InChI=1S/C12H10BrN3O2/c1-7-4-8(13)2-3-9(7)16-12(18)10-5-11(17)15-6-14-10/h2-6H,1H3,(H,16,18)(H,14,15,17). The van der Waals surface area contributed by atoms with Crippen LogP contribution in [0.4, 0.5) is 5.69 Å². The predicted octanol–water partition coefficient (Wildman–Crippen LogP) is 2.09. The van der Waals surface area contributed by atoms with Gasteiger partial charge in [0.25, 0.3) is 11.5 Å². The zero-order chi connectivity index (χ0) is 13.1. The summed E-state index contributed by atoms with van der Waals surface area (Å²) >= 11 is 3.35. The van der Waals surface area contributed by atoms with Crippen molar-refractivity contribution in [1.29, 1.82) is 0 Å². The van der Waals surface area contributed by atoms with Crippen LogP contribution in [0.2, 0.25) is 0 Å². The molecule has 0 saturated heterocycles. The van der Waals surface area contributed by atoms with Crippen LogP contribution in [0, 0.1) is 6.92 Å². The molecule has 0 aliphatic carbocycles. The van der Waals surface area contributed by atoms with Gasteiger partial charge < -0.3 is 10.3 Å². The van der Waals surface area contributed by atoms with Gasteiger partial charge >= 0.3 is 0 Å². The Morgan fingerprint density at radius 2 is 2.17 bits per heavy atom. The third kappa shape index (κ3) is 2.84. The van der Waals surface area contributed by atoms with Gasteiger partial charge in [-0.25, -0.2) is 4.98 Å². The fourth-order valence-corrected chi connectivity index (χ4v) is 1.92. The molecule has 0 bridgehead atoms. The molecule has 0 fully saturated rings. The number of nitrogens with zero attached hydrogens (tertiary/aromatic N) is 1. The first-order chi connectivity index (χ1) is 8.56. The van der Waals surface area contributed by atoms with E-state index in [1.807, 2.05) is 19.1 Å². The van der Waals surface area contributed by atoms with E-state index in [1.165, 1.54) is 6.33 Å². The Labute approximate surface area is 111 Å². The van der Waals surface area contributed by atoms with E-state index >= 15 is 0 Å². The first kappa shape index (κ1) is 12.5. The van der Waals surface area contributed by atoms with Gasteiger partial charge in [-0.2, -0.15) is 0 Å². The summed E-state index contributed by atoms with van der Waals surface area (Å²) in [5, 5.41) is 2.71. The summed E-state index contributed by atoms with van der Waals surface area (Å²) in [6, 6.07) is 6.66. The number of aromatic nitrogens is 2. The van der Waals surface area contributed by atoms with E-state index in [1.54, 1.807) is 6.07 Å². The van der Waals surface area contributed by atoms with Crippen molar-refractivity contribution in [3.05, 3.63) is 56.7 Å². The van der Waals surface area contributed by atoms with Crippen molar-refractivity contribution in [3.63, 3.8) is 0 Å². The largest absolute Gasteiger partial charge is 0.320 e. The molecule has 18 heavy (non-hydrogen) atoms. The quantitative estimate of drug-likeness (QED) is 0.892. The molecule has 0 spiro atoms. The lowest BCUT2D eigenvalue weighted by Gasteiger charge is -2.07. The minimum absolute atomic E-state index is 0.0843. The Balaban J connectivity index is 2.24. The number of H-pyrrole nitrogens is 1. The Hall–Kier alpha value is -1.95. The van der Waals surface area contributed by atoms with Crippen molar-refractivity contribution < 1.29 is 4.79 Å². The molecule has 2 aromatic rings. The average Bonchev–Trinajstić information content (AvgIpc) is 2.32. The van der Waals surface area contributed by atoms with E-state index in [4.69, 9.17) is 0 Å². The van der Waals surface area contributed by atoms with Crippen LogP contribution in [0.5, 0.6) is 0 Å². The highest BCUT2D eigenvalue weighted by atomic mass is 79.9. The predicted molar refractivity (Wildman–Crippen MR) is 71.7 cm³/mol. The number of aryl methyl sites for hydroxylation is 1. The van der Waals surface area contributed by atoms with Crippen molar-refractivity contribution in [3.8, 4) is 0 Å². The molecule has 0 saturated carbocycles. The number of nitrogens with one attached hydrogen (secondary N) is 2. The molecule has 0 aliphatic heterocycles. The first-order valence-corrected chi connectivity index (χ1v) is 5.98. The Kier molecular flexibility index (Phi) is 3.57. The second-order valence-corrected chi connectivity index (χ2v) is 4.63. The normalized spacial score (nSPS) is 10.1. The molecule has 1 amide bonds. The van der Waals surface area contributed by atoms with Gasteiger partial charge in [0, 0.05) is 16.2 Å². The fourth-order valence-electron chi connectivity index (χ4n) is 1.45. The lowest BCUT2D eigenvalue weighted by atomic mass is 10.2. The van der Waals surface area contributed by atoms with Crippen LogP contribution in [0.25, 0.3) is 0 Å². The molecular weight excluding hydrogens is 298 g/mol. The number of aromatic amines is 1. The molecule has 0 aliphatic rings. The minimum atomic E-state index is -0.411. The monoisotopic (exact) mass is 307 g/mol. The van der Waals surface area contributed by atoms with Crippen molar-refractivity contribution in [2.45, 2.75) is 6.92 Å². The van der Waals surface area contributed by atoms with Gasteiger partial charge in [0.2, 0.25) is 0 Å². The number of amides is 1. The number of halogens is 1. The van der Waals surface area contributed by atoms with E-state index in [0.717, 1.165) is 16.1 Å². The van der Waals surface area contributed by atoms with E-state index in [-0.39, 0.29) is 11.3 Å². The third-order valence-corrected chi connectivity index (χ3v) is 2.84. The second-order valence-electron chi connectivity index (χ2n) is 3.71. The van der Waals surface area contributed by atoms with Crippen LogP contribution in [0.3, 0.4) is 0 Å². The van der Waals surface area contributed by atoms with Gasteiger partial charge in [0.05, 0.1) is 6.33 Å². The molecule has 92 valence electrons. The molecule has 6 heteroatoms. The molecule has 0 atom stereocenters. The van der Waals surface area contributed by atoms with Crippen LogP contribution in [-0.2, 0) is 0 Å². The molecule has 1 heterocycles. The topological polar surface area (TPSA) is 74.8 Å². The van der Waals surface area contributed by atoms with Crippen LogP contribution >= 0.6 is 15.9 Å². The molecule has 0 radical (unpaired) electrons. The minimum Gasteiger partial charge on any atom is -0.320 e. The number of benzene rings is 1. The van der Waals surface area contributed by atoms with Crippen molar-refractivity contribution in [2.75, 3.05) is 5.32 Å². The molecular formula is C12H10BrN3O2. The van der Waals surface area contributed by atoms with Gasteiger partial charge in [0.15, 0.2) is 0 Å². The van der Waals surface area contributed by atoms with Gasteiger partial charge in [-0.15, -0.1) is 0 Å². The highest BCUT2D eigenvalue weighted by Gasteiger charge is 2.09. The third-order valence-electron chi connectivity index (χ3n) is 2.35. The maximum absolute atomic E-state index is 11.9. The van der Waals surface area contributed by atoms with Gasteiger partial charge in [-0.3, -0.25) is 9.59 Å². The lowest BCUT2D eigenvalue weighted by molar-refractivity contribution is 0.102. The van der Waals surface area contributed by atoms with Crippen molar-refractivity contribution in [2.24, 2.45) is 0 Å². The fraction of sp³-hybridized carbons (Fsp3) is 0.0833. The van der Waals surface area contributed by atoms with Gasteiger partial charge in [0.1, 0.15) is 5.69 Å². The summed E-state index contributed by atoms with van der Waals surface area (Å²) in [6.07, 6.45) is 1.20. The molecule has 1 aromatic carbocycles. The van der Waals surface area contributed by atoms with Crippen molar-refractivity contribution >= 4 is 27.5 Å². The number of carbonyl (C=O) groups is 1. The number of hydrogen-bond donors (Lipinski definition) is 2. The Morgan fingerprint density at radius 3 is 2.83 bits per heavy atom. The molecule has 2 N–H and O–H groups in total. The molecule has 1 aromatic heterocycles. The maximum atomic E-state index is 11.9. The number of hydrogen-bond acceptors (Lipinski definition) is 3.